The van der Waals surface area contributed by atoms with Crippen molar-refractivity contribution in [3.8, 4) is 0 Å². The summed E-state index contributed by atoms with van der Waals surface area (Å²) in [5, 5.41) is 9.90. The minimum atomic E-state index is -0.245. The fraction of sp³-hybridized carbons (Fsp3) is 0.812. The van der Waals surface area contributed by atoms with Gasteiger partial charge in [-0.2, -0.15) is 9.59 Å². The van der Waals surface area contributed by atoms with E-state index >= 15 is 0 Å². The molecule has 118 valence electrons. The molecule has 0 saturated carbocycles. The van der Waals surface area contributed by atoms with Crippen molar-refractivity contribution in [3.63, 3.8) is 0 Å². The van der Waals surface area contributed by atoms with Crippen molar-refractivity contribution >= 4 is 6.15 Å². The van der Waals surface area contributed by atoms with Gasteiger partial charge in [0.25, 0.3) is 0 Å². The first-order chi connectivity index (χ1) is 9.40. The molecule has 1 N–H and O–H groups in total. The molecule has 0 aromatic heterocycles. The molecule has 4 heteroatoms. The number of carbonyl (C=O) groups excluding carboxylic acids is 2. The number of hydrogen-bond acceptors (Lipinski definition) is 4. The highest BCUT2D eigenvalue weighted by molar-refractivity contribution is 5.20. The minimum absolute atomic E-state index is 0.0752. The molecule has 1 aliphatic heterocycles. The monoisotopic (exact) mass is 286 g/mol. The Labute approximate surface area is 123 Å². The predicted molar refractivity (Wildman–Crippen MR) is 79.1 cm³/mol. The van der Waals surface area contributed by atoms with Crippen LogP contribution in [0.4, 0.5) is 0 Å². The van der Waals surface area contributed by atoms with Crippen molar-refractivity contribution in [1.82, 2.24) is 0 Å². The van der Waals surface area contributed by atoms with E-state index in [0.29, 0.717) is 0 Å². The number of rotatable bonds is 2. The third kappa shape index (κ3) is 8.26. The van der Waals surface area contributed by atoms with Crippen molar-refractivity contribution in [2.24, 2.45) is 11.8 Å². The molecule has 1 saturated heterocycles. The molecule has 4 nitrogen and oxygen atoms in total. The van der Waals surface area contributed by atoms with Crippen molar-refractivity contribution in [3.05, 3.63) is 12.2 Å². The van der Waals surface area contributed by atoms with Crippen molar-refractivity contribution in [2.75, 3.05) is 0 Å². The summed E-state index contributed by atoms with van der Waals surface area (Å²) in [4.78, 5) is 16.2. The van der Waals surface area contributed by atoms with Crippen LogP contribution in [0.2, 0.25) is 0 Å². The van der Waals surface area contributed by atoms with Gasteiger partial charge in [-0.05, 0) is 13.8 Å². The molecule has 1 fully saturated rings. The molecule has 1 heterocycles. The van der Waals surface area contributed by atoms with Gasteiger partial charge in [-0.1, -0.05) is 52.7 Å². The highest BCUT2D eigenvalue weighted by atomic mass is 16.5. The smallest absolute Gasteiger partial charge is 0.373 e. The van der Waals surface area contributed by atoms with Crippen LogP contribution in [0.25, 0.3) is 0 Å². The Kier molecular flexibility index (Phi) is 13.9. The van der Waals surface area contributed by atoms with E-state index in [0.717, 1.165) is 0 Å². The molecule has 0 spiro atoms. The number of hydrogen-bond donors (Lipinski definition) is 1. The Hall–Kier alpha value is -0.960. The van der Waals surface area contributed by atoms with E-state index in [2.05, 4.69) is 13.8 Å². The second-order valence-electron chi connectivity index (χ2n) is 5.12. The van der Waals surface area contributed by atoms with Gasteiger partial charge in [-0.3, -0.25) is 0 Å². The van der Waals surface area contributed by atoms with Crippen molar-refractivity contribution in [1.29, 1.82) is 0 Å². The van der Waals surface area contributed by atoms with E-state index < -0.39 is 0 Å². The normalized spacial score (nSPS) is 32.5. The standard InChI is InChI=1S/C11H20O2.C4H10.CO2/c1-5-6-10-8(3)11(12)7(2)9(4)13-10;1-3-4-2;2-1-3/h5-12H,1-4H3;3-4H2,1-2H3;/b6-5+;;/t7-,8+,9+,10-,11-;;/m1../s1. The first-order valence-electron chi connectivity index (χ1n) is 7.36. The zero-order chi connectivity index (χ0) is 16.1. The number of aliphatic hydroxyl groups is 1. The molecule has 0 radical (unpaired) electrons. The summed E-state index contributed by atoms with van der Waals surface area (Å²) in [7, 11) is 0. The Morgan fingerprint density at radius 3 is 1.90 bits per heavy atom. The first-order valence-corrected chi connectivity index (χ1v) is 7.36. The van der Waals surface area contributed by atoms with Gasteiger partial charge in [0.15, 0.2) is 0 Å². The average Bonchev–Trinajstić information content (AvgIpc) is 2.44. The zero-order valence-corrected chi connectivity index (χ0v) is 13.6. The number of unbranched alkanes of at least 4 members (excludes halogenated alkanes) is 1. The maximum absolute atomic E-state index is 9.90. The van der Waals surface area contributed by atoms with Crippen molar-refractivity contribution in [2.45, 2.75) is 72.7 Å². The topological polar surface area (TPSA) is 63.6 Å². The third-order valence-corrected chi connectivity index (χ3v) is 3.59. The third-order valence-electron chi connectivity index (χ3n) is 3.59. The van der Waals surface area contributed by atoms with Crippen LogP contribution in [-0.2, 0) is 14.3 Å². The van der Waals surface area contributed by atoms with Crippen LogP contribution in [0.15, 0.2) is 12.2 Å². The largest absolute Gasteiger partial charge is 0.392 e. The van der Waals surface area contributed by atoms with Crippen molar-refractivity contribution < 1.29 is 19.4 Å². The molecule has 1 aliphatic rings. The van der Waals surface area contributed by atoms with Gasteiger partial charge in [0.2, 0.25) is 0 Å². The van der Waals surface area contributed by atoms with Crippen LogP contribution in [0, 0.1) is 11.8 Å². The second-order valence-corrected chi connectivity index (χ2v) is 5.12. The molecule has 20 heavy (non-hydrogen) atoms. The number of aliphatic hydroxyl groups excluding tert-OH is 1. The Balaban J connectivity index is 0. The van der Waals surface area contributed by atoms with Crippen LogP contribution >= 0.6 is 0 Å². The van der Waals surface area contributed by atoms with Crippen LogP contribution < -0.4 is 0 Å². The highest BCUT2D eigenvalue weighted by Gasteiger charge is 2.36. The van der Waals surface area contributed by atoms with Gasteiger partial charge in [0, 0.05) is 11.8 Å². The van der Waals surface area contributed by atoms with Gasteiger partial charge in [-0.15, -0.1) is 0 Å². The SMILES string of the molecule is C/C=C/[C@H]1O[C@@H](C)[C@@H](C)[C@@H](O)[C@H]1C.CCCC.O=C=O. The summed E-state index contributed by atoms with van der Waals surface area (Å²) in [6.07, 6.45) is 6.87. The van der Waals surface area contributed by atoms with Crippen LogP contribution in [0.3, 0.4) is 0 Å². The maximum atomic E-state index is 9.90. The lowest BCUT2D eigenvalue weighted by Gasteiger charge is -2.40. The van der Waals surface area contributed by atoms with Crippen LogP contribution in [0.1, 0.15) is 54.4 Å². The molecule has 0 bridgehead atoms. The molecule has 5 atom stereocenters. The first kappa shape index (κ1) is 21.3. The lowest BCUT2D eigenvalue weighted by atomic mass is 9.83. The summed E-state index contributed by atoms with van der Waals surface area (Å²) in [5.74, 6) is 0.430. The van der Waals surface area contributed by atoms with E-state index in [9.17, 15) is 5.11 Å². The van der Waals surface area contributed by atoms with Gasteiger partial charge in [0.1, 0.15) is 0 Å². The Bertz CT molecular complexity index is 280. The summed E-state index contributed by atoms with van der Waals surface area (Å²) >= 11 is 0. The average molecular weight is 286 g/mol. The maximum Gasteiger partial charge on any atom is 0.373 e. The van der Waals surface area contributed by atoms with Gasteiger partial charge in [-0.25, -0.2) is 0 Å². The molecule has 0 amide bonds. The van der Waals surface area contributed by atoms with Gasteiger partial charge >= 0.3 is 6.15 Å². The number of ether oxygens (including phenoxy) is 1. The molecular formula is C16H30O4. The summed E-state index contributed by atoms with van der Waals surface area (Å²) in [6, 6.07) is 0. The van der Waals surface area contributed by atoms with E-state index in [4.69, 9.17) is 14.3 Å². The van der Waals surface area contributed by atoms with Gasteiger partial charge < -0.3 is 9.84 Å². The highest BCUT2D eigenvalue weighted by Crippen LogP contribution is 2.30. The zero-order valence-electron chi connectivity index (χ0n) is 13.6. The predicted octanol–water partition coefficient (Wildman–Crippen LogP) is 3.21. The summed E-state index contributed by atoms with van der Waals surface area (Å²) in [5.41, 5.74) is 0. The van der Waals surface area contributed by atoms with E-state index in [1.165, 1.54) is 12.8 Å². The lowest BCUT2D eigenvalue weighted by molar-refractivity contribution is -0.191. The van der Waals surface area contributed by atoms with Crippen LogP contribution in [-0.4, -0.2) is 29.6 Å². The van der Waals surface area contributed by atoms with E-state index in [1.54, 1.807) is 0 Å². The molecule has 0 unspecified atom stereocenters. The fourth-order valence-electron chi connectivity index (χ4n) is 1.86. The molecule has 0 aliphatic carbocycles. The molecule has 0 aromatic rings. The van der Waals surface area contributed by atoms with Crippen LogP contribution in [0.5, 0.6) is 0 Å². The Morgan fingerprint density at radius 1 is 1.10 bits per heavy atom. The van der Waals surface area contributed by atoms with Gasteiger partial charge in [0.05, 0.1) is 18.3 Å². The molecule has 1 rings (SSSR count). The number of allylic oxidation sites excluding steroid dienone is 1. The van der Waals surface area contributed by atoms with E-state index in [1.807, 2.05) is 39.8 Å². The molecule has 0 aromatic carbocycles. The second kappa shape index (κ2) is 13.0. The Morgan fingerprint density at radius 2 is 1.55 bits per heavy atom. The minimum Gasteiger partial charge on any atom is -0.392 e. The summed E-state index contributed by atoms with van der Waals surface area (Å²) < 4.78 is 5.77. The lowest BCUT2D eigenvalue weighted by Crippen LogP contribution is -2.47. The molecular weight excluding hydrogens is 256 g/mol. The fourth-order valence-corrected chi connectivity index (χ4v) is 1.86. The quantitative estimate of drug-likeness (QED) is 0.792. The van der Waals surface area contributed by atoms with E-state index in [-0.39, 0.29) is 36.3 Å². The summed E-state index contributed by atoms with van der Waals surface area (Å²) in [6.45, 7) is 12.4.